The molecule has 1 aromatic carbocycles. The Balaban J connectivity index is 1.90. The molecule has 100 valence electrons. The smallest absolute Gasteiger partial charge is 0.252 e. The van der Waals surface area contributed by atoms with Gasteiger partial charge in [-0.2, -0.15) is 5.10 Å². The van der Waals surface area contributed by atoms with E-state index in [1.807, 2.05) is 0 Å². The van der Waals surface area contributed by atoms with E-state index in [0.717, 1.165) is 0 Å². The first kappa shape index (κ1) is 13.9. The lowest BCUT2D eigenvalue weighted by Gasteiger charge is -2.07. The maximum absolute atomic E-state index is 11.9. The van der Waals surface area contributed by atoms with Crippen LogP contribution in [0.2, 0.25) is 5.02 Å². The molecule has 0 aliphatic heterocycles. The Kier molecular flexibility index (Phi) is 4.44. The topological polar surface area (TPSA) is 72.9 Å². The molecule has 3 N–H and O–H groups in total. The van der Waals surface area contributed by atoms with Crippen molar-refractivity contribution in [1.29, 1.82) is 0 Å². The van der Waals surface area contributed by atoms with Crippen molar-refractivity contribution in [2.75, 3.05) is 12.3 Å². The van der Waals surface area contributed by atoms with E-state index in [0.29, 0.717) is 33.8 Å². The number of halogens is 2. The van der Waals surface area contributed by atoms with Crippen LogP contribution < -0.4 is 11.1 Å². The first-order chi connectivity index (χ1) is 9.06. The summed E-state index contributed by atoms with van der Waals surface area (Å²) in [5, 5.41) is 7.41. The zero-order valence-electron chi connectivity index (χ0n) is 9.94. The molecule has 1 heterocycles. The number of carbonyl (C=O) groups is 1. The molecule has 2 rings (SSSR count). The third-order valence-electron chi connectivity index (χ3n) is 2.46. The number of benzene rings is 1. The summed E-state index contributed by atoms with van der Waals surface area (Å²) in [7, 11) is 0. The SMILES string of the molecule is Nc1cnn(CCNC(=O)c2ccc(Cl)cc2Br)c1. The minimum absolute atomic E-state index is 0.163. The van der Waals surface area contributed by atoms with Crippen LogP contribution in [-0.2, 0) is 6.54 Å². The molecule has 19 heavy (non-hydrogen) atoms. The van der Waals surface area contributed by atoms with Crippen molar-refractivity contribution in [2.45, 2.75) is 6.54 Å². The van der Waals surface area contributed by atoms with E-state index < -0.39 is 0 Å². The maximum Gasteiger partial charge on any atom is 0.252 e. The van der Waals surface area contributed by atoms with Crippen LogP contribution in [0.3, 0.4) is 0 Å². The minimum Gasteiger partial charge on any atom is -0.396 e. The lowest BCUT2D eigenvalue weighted by atomic mass is 10.2. The summed E-state index contributed by atoms with van der Waals surface area (Å²) >= 11 is 9.13. The second-order valence-electron chi connectivity index (χ2n) is 3.92. The molecule has 0 saturated carbocycles. The molecule has 0 unspecified atom stereocenters. The van der Waals surface area contributed by atoms with Gasteiger partial charge >= 0.3 is 0 Å². The van der Waals surface area contributed by atoms with Gasteiger partial charge in [-0.15, -0.1) is 0 Å². The number of hydrogen-bond donors (Lipinski definition) is 2. The van der Waals surface area contributed by atoms with Gasteiger partial charge < -0.3 is 11.1 Å². The van der Waals surface area contributed by atoms with Crippen molar-refractivity contribution in [1.82, 2.24) is 15.1 Å². The number of nitrogen functional groups attached to an aromatic ring is 1. The summed E-state index contributed by atoms with van der Waals surface area (Å²) in [5.74, 6) is -0.163. The number of aromatic nitrogens is 2. The van der Waals surface area contributed by atoms with Gasteiger partial charge in [-0.1, -0.05) is 11.6 Å². The van der Waals surface area contributed by atoms with E-state index in [1.165, 1.54) is 0 Å². The van der Waals surface area contributed by atoms with Crippen LogP contribution in [0.4, 0.5) is 5.69 Å². The Bertz CT molecular complexity index is 599. The van der Waals surface area contributed by atoms with Gasteiger partial charge in [0.15, 0.2) is 0 Å². The van der Waals surface area contributed by atoms with Crippen molar-refractivity contribution >= 4 is 39.1 Å². The molecule has 0 fully saturated rings. The molecule has 0 radical (unpaired) electrons. The highest BCUT2D eigenvalue weighted by atomic mass is 79.9. The van der Waals surface area contributed by atoms with E-state index in [4.69, 9.17) is 17.3 Å². The standard InChI is InChI=1S/C12H12BrClN4O/c13-11-5-8(14)1-2-10(11)12(19)16-3-4-18-7-9(15)6-17-18/h1-2,5-7H,3-4,15H2,(H,16,19). The number of amides is 1. The number of nitrogens with zero attached hydrogens (tertiary/aromatic N) is 2. The largest absolute Gasteiger partial charge is 0.396 e. The van der Waals surface area contributed by atoms with Crippen LogP contribution >= 0.6 is 27.5 Å². The van der Waals surface area contributed by atoms with Gasteiger partial charge in [0.25, 0.3) is 5.91 Å². The Hall–Kier alpha value is -1.53. The second kappa shape index (κ2) is 6.08. The molecule has 0 spiro atoms. The highest BCUT2D eigenvalue weighted by molar-refractivity contribution is 9.10. The highest BCUT2D eigenvalue weighted by Crippen LogP contribution is 2.21. The van der Waals surface area contributed by atoms with Gasteiger partial charge in [0.2, 0.25) is 0 Å². The fourth-order valence-corrected chi connectivity index (χ4v) is 2.42. The summed E-state index contributed by atoms with van der Waals surface area (Å²) in [6.45, 7) is 1.03. The van der Waals surface area contributed by atoms with Crippen molar-refractivity contribution < 1.29 is 4.79 Å². The van der Waals surface area contributed by atoms with E-state index in [-0.39, 0.29) is 5.91 Å². The molecule has 5 nitrogen and oxygen atoms in total. The molecular formula is C12H12BrClN4O. The average molecular weight is 344 g/mol. The number of nitrogens with two attached hydrogens (primary N) is 1. The van der Waals surface area contributed by atoms with Gasteiger partial charge in [-0.3, -0.25) is 9.48 Å². The number of rotatable bonds is 4. The summed E-state index contributed by atoms with van der Waals surface area (Å²) in [4.78, 5) is 11.9. The maximum atomic E-state index is 11.9. The first-order valence-corrected chi connectivity index (χ1v) is 6.74. The van der Waals surface area contributed by atoms with E-state index in [2.05, 4.69) is 26.3 Å². The van der Waals surface area contributed by atoms with Gasteiger partial charge in [-0.25, -0.2) is 0 Å². The molecule has 0 atom stereocenters. The molecule has 1 amide bonds. The predicted molar refractivity (Wildman–Crippen MR) is 78.1 cm³/mol. The molecule has 2 aromatic rings. The van der Waals surface area contributed by atoms with Crippen LogP contribution in [0.5, 0.6) is 0 Å². The molecule has 0 aliphatic carbocycles. The molecule has 1 aromatic heterocycles. The summed E-state index contributed by atoms with van der Waals surface area (Å²) < 4.78 is 2.34. The summed E-state index contributed by atoms with van der Waals surface area (Å²) in [6, 6.07) is 5.04. The van der Waals surface area contributed by atoms with Crippen molar-refractivity contribution in [3.05, 3.63) is 45.7 Å². The van der Waals surface area contributed by atoms with Crippen molar-refractivity contribution in [3.63, 3.8) is 0 Å². The normalized spacial score (nSPS) is 10.4. The van der Waals surface area contributed by atoms with E-state index in [1.54, 1.807) is 35.3 Å². The Labute approximate surface area is 123 Å². The number of hydrogen-bond acceptors (Lipinski definition) is 3. The van der Waals surface area contributed by atoms with Crippen molar-refractivity contribution in [3.8, 4) is 0 Å². The third-order valence-corrected chi connectivity index (χ3v) is 3.35. The zero-order chi connectivity index (χ0) is 13.8. The molecule has 0 saturated heterocycles. The first-order valence-electron chi connectivity index (χ1n) is 5.57. The number of nitrogens with one attached hydrogen (secondary N) is 1. The fourth-order valence-electron chi connectivity index (χ4n) is 1.55. The van der Waals surface area contributed by atoms with Gasteiger partial charge in [-0.05, 0) is 34.1 Å². The second-order valence-corrected chi connectivity index (χ2v) is 5.21. The van der Waals surface area contributed by atoms with Crippen LogP contribution in [0, 0.1) is 0 Å². The molecular weight excluding hydrogens is 332 g/mol. The summed E-state index contributed by atoms with van der Waals surface area (Å²) in [6.07, 6.45) is 3.28. The van der Waals surface area contributed by atoms with Crippen LogP contribution in [0.25, 0.3) is 0 Å². The Morgan fingerprint density at radius 1 is 1.53 bits per heavy atom. The molecule has 7 heteroatoms. The quantitative estimate of drug-likeness (QED) is 0.895. The van der Waals surface area contributed by atoms with Gasteiger partial charge in [0, 0.05) is 22.2 Å². The zero-order valence-corrected chi connectivity index (χ0v) is 12.3. The minimum atomic E-state index is -0.163. The predicted octanol–water partition coefficient (Wildman–Crippen LogP) is 2.31. The van der Waals surface area contributed by atoms with Crippen LogP contribution in [0.15, 0.2) is 35.1 Å². The number of anilines is 1. The van der Waals surface area contributed by atoms with Gasteiger partial charge in [0.05, 0.1) is 24.0 Å². The Morgan fingerprint density at radius 3 is 2.95 bits per heavy atom. The summed E-state index contributed by atoms with van der Waals surface area (Å²) in [5.41, 5.74) is 6.70. The van der Waals surface area contributed by atoms with Crippen LogP contribution in [-0.4, -0.2) is 22.2 Å². The van der Waals surface area contributed by atoms with E-state index in [9.17, 15) is 4.79 Å². The third kappa shape index (κ3) is 3.71. The van der Waals surface area contributed by atoms with Crippen LogP contribution in [0.1, 0.15) is 10.4 Å². The molecule has 0 bridgehead atoms. The van der Waals surface area contributed by atoms with Gasteiger partial charge in [0.1, 0.15) is 0 Å². The van der Waals surface area contributed by atoms with Crippen molar-refractivity contribution in [2.24, 2.45) is 0 Å². The lowest BCUT2D eigenvalue weighted by Crippen LogP contribution is -2.27. The number of carbonyl (C=O) groups excluding carboxylic acids is 1. The fraction of sp³-hybridized carbons (Fsp3) is 0.167. The average Bonchev–Trinajstić information content (AvgIpc) is 2.75. The lowest BCUT2D eigenvalue weighted by molar-refractivity contribution is 0.0951. The van der Waals surface area contributed by atoms with E-state index >= 15 is 0 Å². The monoisotopic (exact) mass is 342 g/mol. The molecule has 0 aliphatic rings. The highest BCUT2D eigenvalue weighted by Gasteiger charge is 2.09. The Morgan fingerprint density at radius 2 is 2.32 bits per heavy atom.